The van der Waals surface area contributed by atoms with Gasteiger partial charge in [0.1, 0.15) is 35.2 Å². The molecule has 5 aromatic rings. The number of Topliss-reactive ketones (excluding diaryl/α,β-unsaturated/α-hetero) is 1. The van der Waals surface area contributed by atoms with Crippen molar-refractivity contribution in [3.05, 3.63) is 119 Å². The second-order valence-corrected chi connectivity index (χ2v) is 21.6. The van der Waals surface area contributed by atoms with Crippen LogP contribution in [0.4, 0.5) is 0 Å². The zero-order valence-electron chi connectivity index (χ0n) is 44.2. The molecule has 5 unspecified atom stereocenters. The average molecular weight is 1030 g/mol. The van der Waals surface area contributed by atoms with Gasteiger partial charge >= 0.3 is 6.01 Å². The molecule has 0 spiro atoms. The highest BCUT2D eigenvalue weighted by Gasteiger charge is 2.50. The van der Waals surface area contributed by atoms with E-state index in [1.54, 1.807) is 13.0 Å². The van der Waals surface area contributed by atoms with Gasteiger partial charge in [-0.2, -0.15) is 0 Å². The van der Waals surface area contributed by atoms with Crippen LogP contribution in [-0.4, -0.2) is 114 Å². The predicted molar refractivity (Wildman–Crippen MR) is 285 cm³/mol. The smallest absolute Gasteiger partial charge is 0.319 e. The Bertz CT molecular complexity index is 2750. The van der Waals surface area contributed by atoms with Crippen LogP contribution in [0, 0.1) is 17.8 Å². The quantitative estimate of drug-likeness (QED) is 0.0322. The van der Waals surface area contributed by atoms with Crippen LogP contribution < -0.4 is 21.3 Å². The Hall–Kier alpha value is -7.11. The first kappa shape index (κ1) is 55.6. The lowest BCUT2D eigenvalue weighted by atomic mass is 9.93. The number of hydrogen-bond donors (Lipinski definition) is 7. The first-order valence-corrected chi connectivity index (χ1v) is 26.3. The number of amides is 4. The minimum atomic E-state index is -1.07. The van der Waals surface area contributed by atoms with Crippen LogP contribution in [0.3, 0.4) is 0 Å². The van der Waals surface area contributed by atoms with E-state index in [1.165, 1.54) is 10.6 Å². The molecule has 17 nitrogen and oxygen atoms in total. The maximum Gasteiger partial charge on any atom is 0.319 e. The summed E-state index contributed by atoms with van der Waals surface area (Å²) in [5, 5.41) is 51.8. The van der Waals surface area contributed by atoms with Crippen molar-refractivity contribution in [2.24, 2.45) is 17.8 Å². The Kier molecular flexibility index (Phi) is 18.5. The van der Waals surface area contributed by atoms with Crippen molar-refractivity contribution in [3.63, 3.8) is 0 Å². The number of aromatic nitrogens is 3. The van der Waals surface area contributed by atoms with Gasteiger partial charge < -0.3 is 41.3 Å². The fourth-order valence-electron chi connectivity index (χ4n) is 9.70. The Labute approximate surface area is 439 Å². The monoisotopic (exact) mass is 1030 g/mol. The number of phenolic OH excluding ortho intramolecular Hbond substituents is 2. The number of piperidine rings is 1. The van der Waals surface area contributed by atoms with E-state index in [9.17, 15) is 39.3 Å². The first-order valence-electron chi connectivity index (χ1n) is 26.3. The molecule has 7 N–H and O–H groups in total. The lowest BCUT2D eigenvalue weighted by molar-refractivity contribution is -0.135. The highest BCUT2D eigenvalue weighted by molar-refractivity contribution is 5.99. The van der Waals surface area contributed by atoms with Crippen LogP contribution in [0.2, 0.25) is 0 Å². The summed E-state index contributed by atoms with van der Waals surface area (Å²) in [7, 11) is 0. The van der Waals surface area contributed by atoms with E-state index >= 15 is 0 Å². The zero-order chi connectivity index (χ0) is 54.0. The number of nitrogens with one attached hydrogen (secondary N) is 4. The van der Waals surface area contributed by atoms with Gasteiger partial charge in [-0.3, -0.25) is 28.9 Å². The maximum atomic E-state index is 14.5. The number of phenols is 2. The molecule has 0 radical (unpaired) electrons. The number of aryl methyl sites for hydroxylation is 1. The molecule has 3 heterocycles. The number of epoxide rings is 1. The lowest BCUT2D eigenvalue weighted by Gasteiger charge is -2.32. The van der Waals surface area contributed by atoms with Gasteiger partial charge in [0, 0.05) is 24.9 Å². The fourth-order valence-corrected chi connectivity index (χ4v) is 9.70. The Balaban J connectivity index is 1.00. The summed E-state index contributed by atoms with van der Waals surface area (Å²) < 4.78 is 6.88. The number of benzene rings is 4. The average Bonchev–Trinajstić information content (AvgIpc) is 4.03. The van der Waals surface area contributed by atoms with Crippen molar-refractivity contribution in [3.8, 4) is 34.6 Å². The summed E-state index contributed by atoms with van der Waals surface area (Å²) >= 11 is 0. The molecule has 400 valence electrons. The van der Waals surface area contributed by atoms with Crippen molar-refractivity contribution in [1.29, 1.82) is 0 Å². The molecular weight excluding hydrogens is 953 g/mol. The van der Waals surface area contributed by atoms with E-state index in [0.29, 0.717) is 62.1 Å². The van der Waals surface area contributed by atoms with E-state index < -0.39 is 47.5 Å². The molecule has 4 aromatic carbocycles. The van der Waals surface area contributed by atoms with Gasteiger partial charge in [-0.15, -0.1) is 5.10 Å². The van der Waals surface area contributed by atoms with Crippen LogP contribution in [0.1, 0.15) is 109 Å². The summed E-state index contributed by atoms with van der Waals surface area (Å²) in [5.41, 5.74) is 3.33. The number of hydrogen-bond acceptors (Lipinski definition) is 12. The van der Waals surface area contributed by atoms with Gasteiger partial charge in [-0.1, -0.05) is 119 Å². The van der Waals surface area contributed by atoms with E-state index in [1.807, 2.05) is 126 Å². The molecule has 75 heavy (non-hydrogen) atoms. The highest BCUT2D eigenvalue weighted by Crippen LogP contribution is 2.39. The molecule has 5 atom stereocenters. The summed E-state index contributed by atoms with van der Waals surface area (Å²) in [5.74, 6) is -2.38. The SMILES string of the molecule is CC(C)CC(NC(=O)C(CCc1ccccc1)NC(=O)C1CCN(Cc2ccc(-n3c(O)nnc3-c3cc(C(C)C)c(O)cc3O)cc2)CC1)C(=O)NC(Cc1ccccc1)C(=O)NC(CC(C)C)C(=O)C1(C)CO1. The van der Waals surface area contributed by atoms with Crippen molar-refractivity contribution < 1.29 is 44.0 Å². The summed E-state index contributed by atoms with van der Waals surface area (Å²) in [6.45, 7) is 15.5. The third-order valence-corrected chi connectivity index (χ3v) is 14.1. The normalized spacial score (nSPS) is 17.5. The second kappa shape index (κ2) is 24.9. The van der Waals surface area contributed by atoms with E-state index in [2.05, 4.69) is 36.4 Å². The first-order chi connectivity index (χ1) is 35.8. The van der Waals surface area contributed by atoms with E-state index in [0.717, 1.165) is 16.7 Å². The van der Waals surface area contributed by atoms with Gasteiger partial charge in [-0.05, 0) is 117 Å². The Morgan fingerprint density at radius 3 is 1.83 bits per heavy atom. The van der Waals surface area contributed by atoms with Gasteiger partial charge in [0.25, 0.3) is 0 Å². The molecule has 0 saturated carbocycles. The summed E-state index contributed by atoms with van der Waals surface area (Å²) in [6, 6.07) is 25.2. The number of rotatable bonds is 24. The third kappa shape index (κ3) is 14.8. The zero-order valence-corrected chi connectivity index (χ0v) is 44.2. The largest absolute Gasteiger partial charge is 0.508 e. The van der Waals surface area contributed by atoms with Gasteiger partial charge in [-0.25, -0.2) is 4.57 Å². The molecule has 4 amide bonds. The minimum absolute atomic E-state index is 0.0317. The standard InChI is InChI=1S/C58H74N8O9/c1-35(2)28-46(51(69)58(7)34-75-58)60-56(73)48(30-39-16-12-9-13-17-39)62-55(72)47(29-36(3)4)61-54(71)45(23-20-38-14-10-8-11-15-38)59-53(70)41-24-26-65(27-25-41)33-40-18-21-42(22-19-40)66-52(63-64-57(66)74)44-31-43(37(5)6)49(67)32-50(44)68/h8-19,21-22,31-32,35-37,41,45-48,67-68H,20,23-30,33-34H2,1-7H3,(H,59,70)(H,60,73)(H,61,71)(H,62,72)(H,64,74). The molecule has 1 aromatic heterocycles. The molecular formula is C58H74N8O9. The second-order valence-electron chi connectivity index (χ2n) is 21.6. The lowest BCUT2D eigenvalue weighted by Crippen LogP contribution is -2.59. The molecule has 0 aliphatic carbocycles. The number of ether oxygens (including phenoxy) is 1. The van der Waals surface area contributed by atoms with E-state index in [-0.39, 0.29) is 84.6 Å². The van der Waals surface area contributed by atoms with Crippen LogP contribution in [-0.2, 0) is 48.1 Å². The maximum absolute atomic E-state index is 14.5. The third-order valence-electron chi connectivity index (χ3n) is 14.1. The van der Waals surface area contributed by atoms with Crippen molar-refractivity contribution >= 4 is 29.4 Å². The number of aromatic hydroxyl groups is 3. The fraction of sp³-hybridized carbons (Fsp3) is 0.466. The van der Waals surface area contributed by atoms with Crippen molar-refractivity contribution in [1.82, 2.24) is 40.9 Å². The predicted octanol–water partition coefficient (Wildman–Crippen LogP) is 6.65. The number of likely N-dealkylation sites (tertiary alicyclic amines) is 1. The Morgan fingerprint density at radius 2 is 1.23 bits per heavy atom. The topological polar surface area (TPSA) is 241 Å². The number of nitrogens with zero attached hydrogens (tertiary/aromatic N) is 4. The molecule has 7 rings (SSSR count). The highest BCUT2D eigenvalue weighted by atomic mass is 16.6. The van der Waals surface area contributed by atoms with Crippen molar-refractivity contribution in [2.75, 3.05) is 19.7 Å². The van der Waals surface area contributed by atoms with Crippen molar-refractivity contribution in [2.45, 2.75) is 136 Å². The summed E-state index contributed by atoms with van der Waals surface area (Å²) in [4.78, 5) is 72.9. The molecule has 17 heteroatoms. The molecule has 2 aliphatic rings. The van der Waals surface area contributed by atoms with Crippen LogP contribution >= 0.6 is 0 Å². The molecule has 2 saturated heterocycles. The number of ketones is 1. The molecule has 2 fully saturated rings. The summed E-state index contributed by atoms with van der Waals surface area (Å²) in [6.07, 6.45) is 2.69. The number of carbonyl (C=O) groups is 5. The molecule has 2 aliphatic heterocycles. The van der Waals surface area contributed by atoms with E-state index in [4.69, 9.17) is 4.74 Å². The number of carbonyl (C=O) groups excluding carboxylic acids is 5. The van der Waals surface area contributed by atoms with Gasteiger partial charge in [0.05, 0.1) is 23.9 Å². The van der Waals surface area contributed by atoms with Crippen LogP contribution in [0.5, 0.6) is 17.5 Å². The minimum Gasteiger partial charge on any atom is -0.508 e. The van der Waals surface area contributed by atoms with Gasteiger partial charge in [0.2, 0.25) is 23.6 Å². The Morgan fingerprint density at radius 1 is 0.667 bits per heavy atom. The molecule has 0 bridgehead atoms. The van der Waals surface area contributed by atoms with Crippen LogP contribution in [0.15, 0.2) is 97.1 Å². The van der Waals surface area contributed by atoms with Crippen LogP contribution in [0.25, 0.3) is 17.1 Å². The van der Waals surface area contributed by atoms with Gasteiger partial charge in [0.15, 0.2) is 11.6 Å².